The molecule has 2 aromatic rings. The van der Waals surface area contributed by atoms with Crippen LogP contribution >= 0.6 is 0 Å². The summed E-state index contributed by atoms with van der Waals surface area (Å²) in [4.78, 5) is 14.7. The zero-order chi connectivity index (χ0) is 18.6. The van der Waals surface area contributed by atoms with Crippen molar-refractivity contribution in [3.8, 4) is 0 Å². The molecule has 2 atom stereocenters. The molecule has 26 heavy (non-hydrogen) atoms. The number of rotatable bonds is 2. The van der Waals surface area contributed by atoms with E-state index in [0.29, 0.717) is 18.1 Å². The van der Waals surface area contributed by atoms with E-state index in [1.54, 1.807) is 36.6 Å². The highest BCUT2D eigenvalue weighted by molar-refractivity contribution is 7.89. The first-order chi connectivity index (χ1) is 12.3. The molecule has 2 fully saturated rings. The molecule has 2 saturated heterocycles. The number of aromatic nitrogens is 2. The van der Waals surface area contributed by atoms with Crippen molar-refractivity contribution in [2.45, 2.75) is 42.7 Å². The van der Waals surface area contributed by atoms with Gasteiger partial charge in [0, 0.05) is 32.7 Å². The Morgan fingerprint density at radius 1 is 0.923 bits per heavy atom. The second-order valence-electron chi connectivity index (χ2n) is 7.57. The third-order valence-electron chi connectivity index (χ3n) is 6.14. The van der Waals surface area contributed by atoms with Gasteiger partial charge in [0.05, 0.1) is 15.9 Å². The van der Waals surface area contributed by atoms with E-state index in [9.17, 15) is 13.2 Å². The topological polar surface area (TPSA) is 67.6 Å². The monoisotopic (exact) mass is 378 g/mol. The van der Waals surface area contributed by atoms with Crippen molar-refractivity contribution in [2.75, 3.05) is 20.1 Å². The molecule has 142 valence electrons. The van der Waals surface area contributed by atoms with Crippen LogP contribution in [0.2, 0.25) is 0 Å². The molecule has 7 nitrogen and oxygen atoms in total. The zero-order valence-corrected chi connectivity index (χ0v) is 16.4. The molecule has 0 unspecified atom stereocenters. The van der Waals surface area contributed by atoms with Gasteiger partial charge in [-0.1, -0.05) is 6.42 Å². The van der Waals surface area contributed by atoms with Crippen molar-refractivity contribution in [3.63, 3.8) is 0 Å². The maximum Gasteiger partial charge on any atom is 0.328 e. The molecule has 1 aromatic heterocycles. The molecule has 4 rings (SSSR count). The summed E-state index contributed by atoms with van der Waals surface area (Å²) in [7, 11) is 1.90. The van der Waals surface area contributed by atoms with E-state index < -0.39 is 10.0 Å². The van der Waals surface area contributed by atoms with Crippen LogP contribution in [0.25, 0.3) is 11.0 Å². The van der Waals surface area contributed by atoms with Crippen molar-refractivity contribution in [1.29, 1.82) is 0 Å². The summed E-state index contributed by atoms with van der Waals surface area (Å²) in [5, 5.41) is 0. The predicted octanol–water partition coefficient (Wildman–Crippen LogP) is 1.12. The largest absolute Gasteiger partial charge is 0.328 e. The molecular weight excluding hydrogens is 352 g/mol. The van der Waals surface area contributed by atoms with Crippen molar-refractivity contribution in [1.82, 2.24) is 18.3 Å². The molecule has 0 spiro atoms. The first kappa shape index (κ1) is 17.8. The van der Waals surface area contributed by atoms with Crippen LogP contribution in [-0.2, 0) is 24.1 Å². The van der Waals surface area contributed by atoms with E-state index in [1.165, 1.54) is 9.13 Å². The summed E-state index contributed by atoms with van der Waals surface area (Å²) in [5.41, 5.74) is 1.23. The van der Waals surface area contributed by atoms with Gasteiger partial charge < -0.3 is 4.90 Å². The number of aryl methyl sites for hydroxylation is 2. The van der Waals surface area contributed by atoms with E-state index in [-0.39, 0.29) is 16.6 Å². The molecule has 8 heteroatoms. The standard InChI is InChI=1S/C18H26N4O3S/c1-19-10-5-4-6-16-14(19)9-11-22(16)26(24,25)13-7-8-15-17(12-13)21(3)18(23)20(15)2/h7-8,12,14,16H,4-6,9-11H2,1-3H3/t14-,16-/m1/s1. The Kier molecular flexibility index (Phi) is 4.24. The fraction of sp³-hybridized carbons (Fsp3) is 0.611. The van der Waals surface area contributed by atoms with E-state index in [4.69, 9.17) is 0 Å². The molecular formula is C18H26N4O3S. The minimum absolute atomic E-state index is 0.0442. The molecule has 0 N–H and O–H groups in total. The van der Waals surface area contributed by atoms with Crippen LogP contribution in [0.4, 0.5) is 0 Å². The van der Waals surface area contributed by atoms with Crippen LogP contribution in [-0.4, -0.2) is 59.0 Å². The van der Waals surface area contributed by atoms with Gasteiger partial charge in [-0.05, 0) is 51.1 Å². The third-order valence-corrected chi connectivity index (χ3v) is 8.06. The Bertz CT molecular complexity index is 1010. The summed E-state index contributed by atoms with van der Waals surface area (Å²) in [6.45, 7) is 1.60. The molecule has 0 aliphatic carbocycles. The average molecular weight is 378 g/mol. The molecule has 2 aliphatic rings. The van der Waals surface area contributed by atoms with Gasteiger partial charge in [-0.25, -0.2) is 13.2 Å². The number of sulfonamides is 1. The number of imidazole rings is 1. The zero-order valence-electron chi connectivity index (χ0n) is 15.6. The van der Waals surface area contributed by atoms with Gasteiger partial charge >= 0.3 is 5.69 Å². The van der Waals surface area contributed by atoms with Gasteiger partial charge in [-0.3, -0.25) is 9.13 Å². The third kappa shape index (κ3) is 2.54. The lowest BCUT2D eigenvalue weighted by atomic mass is 10.1. The second kappa shape index (κ2) is 6.21. The Morgan fingerprint density at radius 3 is 2.42 bits per heavy atom. The highest BCUT2D eigenvalue weighted by Crippen LogP contribution is 2.34. The summed E-state index contributed by atoms with van der Waals surface area (Å²) in [6.07, 6.45) is 3.98. The Morgan fingerprint density at radius 2 is 1.65 bits per heavy atom. The summed E-state index contributed by atoms with van der Waals surface area (Å²) in [6, 6.07) is 5.35. The number of hydrogen-bond acceptors (Lipinski definition) is 4. The van der Waals surface area contributed by atoms with Crippen LogP contribution in [0.5, 0.6) is 0 Å². The summed E-state index contributed by atoms with van der Waals surface area (Å²) >= 11 is 0. The Labute approximate surface area is 153 Å². The maximum absolute atomic E-state index is 13.4. The average Bonchev–Trinajstić information content (AvgIpc) is 3.08. The highest BCUT2D eigenvalue weighted by Gasteiger charge is 2.43. The number of fused-ring (bicyclic) bond motifs is 2. The van der Waals surface area contributed by atoms with E-state index in [1.807, 2.05) is 0 Å². The first-order valence-corrected chi connectivity index (χ1v) is 10.6. The van der Waals surface area contributed by atoms with Gasteiger partial charge in [-0.15, -0.1) is 0 Å². The molecule has 3 heterocycles. The van der Waals surface area contributed by atoms with Gasteiger partial charge in [-0.2, -0.15) is 4.31 Å². The number of benzene rings is 1. The lowest BCUT2D eigenvalue weighted by Gasteiger charge is -2.30. The SMILES string of the molecule is CN1CCCC[C@@H]2[C@H]1CCN2S(=O)(=O)c1ccc2c(c1)n(C)c(=O)n2C. The highest BCUT2D eigenvalue weighted by atomic mass is 32.2. The van der Waals surface area contributed by atoms with E-state index in [0.717, 1.165) is 37.7 Å². The quantitative estimate of drug-likeness (QED) is 0.786. The van der Waals surface area contributed by atoms with E-state index in [2.05, 4.69) is 11.9 Å². The molecule has 1 aromatic carbocycles. The van der Waals surface area contributed by atoms with Crippen LogP contribution in [0.15, 0.2) is 27.9 Å². The number of likely N-dealkylation sites (N-methyl/N-ethyl adjacent to an activating group) is 1. The van der Waals surface area contributed by atoms with Crippen LogP contribution in [0, 0.1) is 0 Å². The maximum atomic E-state index is 13.4. The summed E-state index contributed by atoms with van der Waals surface area (Å²) in [5.74, 6) is 0. The van der Waals surface area contributed by atoms with Crippen molar-refractivity contribution < 1.29 is 8.42 Å². The van der Waals surface area contributed by atoms with Crippen LogP contribution in [0.3, 0.4) is 0 Å². The lowest BCUT2D eigenvalue weighted by Crippen LogP contribution is -2.44. The van der Waals surface area contributed by atoms with Gasteiger partial charge in [0.15, 0.2) is 0 Å². The Balaban J connectivity index is 1.76. The lowest BCUT2D eigenvalue weighted by molar-refractivity contribution is 0.220. The predicted molar refractivity (Wildman–Crippen MR) is 101 cm³/mol. The van der Waals surface area contributed by atoms with Crippen LogP contribution in [0.1, 0.15) is 25.7 Å². The fourth-order valence-corrected chi connectivity index (χ4v) is 6.34. The van der Waals surface area contributed by atoms with Gasteiger partial charge in [0.25, 0.3) is 0 Å². The molecule has 0 saturated carbocycles. The van der Waals surface area contributed by atoms with Crippen LogP contribution < -0.4 is 5.69 Å². The first-order valence-electron chi connectivity index (χ1n) is 9.20. The molecule has 0 radical (unpaired) electrons. The fourth-order valence-electron chi connectivity index (χ4n) is 4.62. The number of likely N-dealkylation sites (tertiary alicyclic amines) is 1. The number of hydrogen-bond donors (Lipinski definition) is 0. The minimum Gasteiger partial charge on any atom is -0.302 e. The van der Waals surface area contributed by atoms with Crippen molar-refractivity contribution in [3.05, 3.63) is 28.7 Å². The molecule has 0 amide bonds. The van der Waals surface area contributed by atoms with E-state index >= 15 is 0 Å². The smallest absolute Gasteiger partial charge is 0.302 e. The van der Waals surface area contributed by atoms with Gasteiger partial charge in [0.1, 0.15) is 0 Å². The minimum atomic E-state index is -3.58. The normalized spacial score (nSPS) is 25.5. The molecule has 2 aliphatic heterocycles. The Hall–Kier alpha value is -1.64. The second-order valence-corrected chi connectivity index (χ2v) is 9.46. The number of nitrogens with zero attached hydrogens (tertiary/aromatic N) is 4. The molecule has 0 bridgehead atoms. The summed E-state index contributed by atoms with van der Waals surface area (Å²) < 4.78 is 31.5. The van der Waals surface area contributed by atoms with Crippen molar-refractivity contribution in [2.24, 2.45) is 14.1 Å². The van der Waals surface area contributed by atoms with Gasteiger partial charge in [0.2, 0.25) is 10.0 Å². The van der Waals surface area contributed by atoms with Crippen molar-refractivity contribution >= 4 is 21.1 Å².